The molecular weight excluding hydrogens is 679 g/mol. The number of nitrogens with one attached hydrogen (secondary N) is 2. The summed E-state index contributed by atoms with van der Waals surface area (Å²) in [7, 11) is 0. The SMILES string of the molecule is O=C(O)C(F)(F)F.O=C(O)C(F)(F)F.O=C(O)C(F)(F)F.O=C(O)CCCCNCCCCCCCCCCCCCCCCCNO. The Kier molecular flexibility index (Phi) is 35.4. The van der Waals surface area contributed by atoms with E-state index in [0.29, 0.717) is 6.42 Å². The lowest BCUT2D eigenvalue weighted by molar-refractivity contribution is -0.193. The lowest BCUT2D eigenvalue weighted by Crippen LogP contribution is -2.21. The summed E-state index contributed by atoms with van der Waals surface area (Å²) < 4.78 is 95.2. The van der Waals surface area contributed by atoms with Gasteiger partial charge in [-0.3, -0.25) is 4.79 Å². The lowest BCUT2D eigenvalue weighted by Gasteiger charge is -2.05. The fourth-order valence-corrected chi connectivity index (χ4v) is 3.40. The molecule has 0 aromatic heterocycles. The maximum absolute atomic E-state index is 10.6. The van der Waals surface area contributed by atoms with Crippen LogP contribution in [0.5, 0.6) is 0 Å². The van der Waals surface area contributed by atoms with Crippen LogP contribution in [0.4, 0.5) is 39.5 Å². The van der Waals surface area contributed by atoms with Gasteiger partial charge in [0.1, 0.15) is 0 Å². The number of hydrogen-bond acceptors (Lipinski definition) is 7. The van der Waals surface area contributed by atoms with Crippen molar-refractivity contribution >= 4 is 23.9 Å². The highest BCUT2D eigenvalue weighted by Crippen LogP contribution is 2.15. The Hall–Kier alpha value is -2.87. The van der Waals surface area contributed by atoms with Gasteiger partial charge < -0.3 is 31.0 Å². The van der Waals surface area contributed by atoms with Crippen LogP contribution in [0.15, 0.2) is 0 Å². The summed E-state index contributed by atoms with van der Waals surface area (Å²) in [5.74, 6) is -8.96. The summed E-state index contributed by atoms with van der Waals surface area (Å²) in [6, 6.07) is 0. The molecule has 0 unspecified atom stereocenters. The van der Waals surface area contributed by atoms with Crippen LogP contribution in [0.2, 0.25) is 0 Å². The van der Waals surface area contributed by atoms with Gasteiger partial charge in [-0.25, -0.2) is 19.9 Å². The van der Waals surface area contributed by atoms with Gasteiger partial charge in [0.15, 0.2) is 0 Å². The largest absolute Gasteiger partial charge is 0.490 e. The van der Waals surface area contributed by atoms with Crippen molar-refractivity contribution in [1.29, 1.82) is 0 Å². The minimum atomic E-state index is -5.08. The van der Waals surface area contributed by atoms with E-state index in [9.17, 15) is 44.3 Å². The van der Waals surface area contributed by atoms with E-state index in [-0.39, 0.29) is 0 Å². The van der Waals surface area contributed by atoms with Gasteiger partial charge in [0.05, 0.1) is 0 Å². The van der Waals surface area contributed by atoms with E-state index in [1.54, 1.807) is 0 Å². The van der Waals surface area contributed by atoms with Gasteiger partial charge in [0.2, 0.25) is 0 Å². The highest BCUT2D eigenvalue weighted by atomic mass is 19.4. The molecule has 0 bridgehead atoms. The average molecular weight is 729 g/mol. The van der Waals surface area contributed by atoms with Crippen molar-refractivity contribution in [1.82, 2.24) is 10.8 Å². The molecule has 0 spiro atoms. The number of carboxylic acid groups (broad SMARTS) is 4. The number of hydroxylamine groups is 1. The van der Waals surface area contributed by atoms with E-state index in [1.807, 2.05) is 0 Å². The van der Waals surface area contributed by atoms with Crippen LogP contribution in [-0.4, -0.2) is 87.7 Å². The van der Waals surface area contributed by atoms with Crippen molar-refractivity contribution in [2.24, 2.45) is 0 Å². The lowest BCUT2D eigenvalue weighted by atomic mass is 10.0. The molecule has 11 nitrogen and oxygen atoms in total. The maximum atomic E-state index is 10.6. The molecule has 0 aliphatic heterocycles. The van der Waals surface area contributed by atoms with Gasteiger partial charge in [0.25, 0.3) is 0 Å². The minimum absolute atomic E-state index is 0.298. The quantitative estimate of drug-likeness (QED) is 0.0312. The third kappa shape index (κ3) is 50.0. The molecule has 0 atom stereocenters. The summed E-state index contributed by atoms with van der Waals surface area (Å²) in [5, 5.41) is 41.8. The Morgan fingerprint density at radius 3 is 0.812 bits per heavy atom. The number of rotatable bonds is 23. The van der Waals surface area contributed by atoms with E-state index < -0.39 is 42.4 Å². The first-order chi connectivity index (χ1) is 22.1. The van der Waals surface area contributed by atoms with Crippen LogP contribution >= 0.6 is 0 Å². The molecule has 0 heterocycles. The second-order valence-corrected chi connectivity index (χ2v) is 10.2. The molecule has 0 saturated carbocycles. The van der Waals surface area contributed by atoms with Gasteiger partial charge >= 0.3 is 42.4 Å². The van der Waals surface area contributed by atoms with Crippen molar-refractivity contribution in [3.05, 3.63) is 0 Å². The van der Waals surface area contributed by atoms with Crippen molar-refractivity contribution in [3.8, 4) is 0 Å². The monoisotopic (exact) mass is 728 g/mol. The minimum Gasteiger partial charge on any atom is -0.481 e. The fraction of sp³-hybridized carbons (Fsp3) is 0.857. The molecule has 20 heteroatoms. The molecule has 0 saturated heterocycles. The van der Waals surface area contributed by atoms with Crippen LogP contribution in [0, 0.1) is 0 Å². The summed E-state index contributed by atoms with van der Waals surface area (Å²) in [6.07, 6.45) is 6.82. The predicted molar refractivity (Wildman–Crippen MR) is 154 cm³/mol. The average Bonchev–Trinajstić information content (AvgIpc) is 2.95. The molecule has 0 aromatic rings. The number of alkyl halides is 9. The maximum Gasteiger partial charge on any atom is 0.490 e. The number of unbranched alkanes of at least 4 members (excludes halogenated alkanes) is 15. The van der Waals surface area contributed by atoms with Gasteiger partial charge in [-0.15, -0.1) is 0 Å². The molecular formula is C28H49F9N2O9. The zero-order valence-corrected chi connectivity index (χ0v) is 26.6. The number of carboxylic acids is 4. The molecule has 0 amide bonds. The molecule has 0 rings (SSSR count). The van der Waals surface area contributed by atoms with Crippen molar-refractivity contribution < 1.29 is 84.3 Å². The number of carbonyl (C=O) groups is 4. The van der Waals surface area contributed by atoms with Gasteiger partial charge in [-0.1, -0.05) is 83.5 Å². The van der Waals surface area contributed by atoms with Crippen LogP contribution in [0.3, 0.4) is 0 Å². The molecule has 48 heavy (non-hydrogen) atoms. The Bertz CT molecular complexity index is 756. The first-order valence-electron chi connectivity index (χ1n) is 15.3. The van der Waals surface area contributed by atoms with E-state index in [0.717, 1.165) is 38.9 Å². The van der Waals surface area contributed by atoms with Crippen LogP contribution in [-0.2, 0) is 19.2 Å². The zero-order valence-electron chi connectivity index (χ0n) is 26.6. The standard InChI is InChI=1S/C22H46N2O3.3C2HF3O2/c25-22(26)18-14-17-20-23-19-15-12-10-8-6-4-2-1-3-5-7-9-11-13-16-21-24-27;3*3-2(4,5)1(6)7/h23-24,27H,1-21H2,(H,25,26);3*(H,6,7). The Morgan fingerprint density at radius 2 is 0.604 bits per heavy atom. The molecule has 7 N–H and O–H groups in total. The zero-order chi connectivity index (χ0) is 38.1. The van der Waals surface area contributed by atoms with E-state index in [1.165, 1.54) is 89.9 Å². The summed E-state index contributed by atoms with van der Waals surface area (Å²) >= 11 is 0. The van der Waals surface area contributed by atoms with Crippen molar-refractivity contribution in [3.63, 3.8) is 0 Å². The Balaban J connectivity index is -0.000000369. The normalized spacial score (nSPS) is 11.2. The summed E-state index contributed by atoms with van der Waals surface area (Å²) in [5.41, 5.74) is 2.21. The van der Waals surface area contributed by atoms with E-state index >= 15 is 0 Å². The van der Waals surface area contributed by atoms with Crippen molar-refractivity contribution in [2.45, 2.75) is 134 Å². The summed E-state index contributed by atoms with van der Waals surface area (Å²) in [4.78, 5) is 37.1. The third-order valence-corrected chi connectivity index (χ3v) is 5.86. The number of hydrogen-bond donors (Lipinski definition) is 7. The Labute approximate surface area is 273 Å². The number of halogens is 9. The molecule has 0 aromatic carbocycles. The molecule has 0 aliphatic rings. The third-order valence-electron chi connectivity index (χ3n) is 5.86. The summed E-state index contributed by atoms with van der Waals surface area (Å²) in [6.45, 7) is 2.76. The fourth-order valence-electron chi connectivity index (χ4n) is 3.40. The van der Waals surface area contributed by atoms with E-state index in [4.69, 9.17) is 40.0 Å². The first kappa shape index (κ1) is 52.0. The molecule has 288 valence electrons. The van der Waals surface area contributed by atoms with Gasteiger partial charge in [-0.05, 0) is 38.8 Å². The molecule has 0 aliphatic carbocycles. The van der Waals surface area contributed by atoms with Crippen LogP contribution < -0.4 is 10.8 Å². The van der Waals surface area contributed by atoms with Crippen molar-refractivity contribution in [2.75, 3.05) is 19.6 Å². The highest BCUT2D eigenvalue weighted by Gasteiger charge is 2.39. The molecule has 0 radical (unpaired) electrons. The van der Waals surface area contributed by atoms with Gasteiger partial charge in [-0.2, -0.15) is 39.5 Å². The topological polar surface area (TPSA) is 193 Å². The smallest absolute Gasteiger partial charge is 0.481 e. The Morgan fingerprint density at radius 1 is 0.396 bits per heavy atom. The van der Waals surface area contributed by atoms with E-state index in [2.05, 4.69) is 10.8 Å². The number of aliphatic carboxylic acids is 4. The first-order valence-corrected chi connectivity index (χ1v) is 15.3. The van der Waals surface area contributed by atoms with Crippen LogP contribution in [0.1, 0.15) is 116 Å². The van der Waals surface area contributed by atoms with Gasteiger partial charge in [0, 0.05) is 13.0 Å². The predicted octanol–water partition coefficient (Wildman–Crippen LogP) is 7.56. The molecule has 0 fully saturated rings. The second kappa shape index (κ2) is 32.7. The second-order valence-electron chi connectivity index (χ2n) is 10.2. The highest BCUT2D eigenvalue weighted by molar-refractivity contribution is 5.73. The van der Waals surface area contributed by atoms with Crippen LogP contribution in [0.25, 0.3) is 0 Å².